The van der Waals surface area contributed by atoms with Gasteiger partial charge in [-0.2, -0.15) is 15.1 Å². The minimum absolute atomic E-state index is 0.0898. The molecule has 1 N–H and O–H groups in total. The van der Waals surface area contributed by atoms with Crippen LogP contribution >= 0.6 is 11.8 Å². The van der Waals surface area contributed by atoms with Crippen molar-refractivity contribution in [3.8, 4) is 5.75 Å². The molecule has 1 amide bonds. The molecule has 0 bridgehead atoms. The van der Waals surface area contributed by atoms with E-state index >= 15 is 0 Å². The average Bonchev–Trinajstić information content (AvgIpc) is 3.45. The first kappa shape index (κ1) is 21.7. The molecular formula is C25H27N5O2S. The van der Waals surface area contributed by atoms with Gasteiger partial charge in [0.15, 0.2) is 5.84 Å². The first-order chi connectivity index (χ1) is 16.1. The number of carbonyl (C=O) groups is 1. The number of rotatable bonds is 6. The van der Waals surface area contributed by atoms with Gasteiger partial charge in [0, 0.05) is 17.8 Å². The minimum atomic E-state index is -0.387. The van der Waals surface area contributed by atoms with Crippen LogP contribution in [0.2, 0.25) is 0 Å². The Balaban J connectivity index is 1.29. The largest absolute Gasteiger partial charge is 0.492 e. The zero-order chi connectivity index (χ0) is 22.8. The van der Waals surface area contributed by atoms with Crippen LogP contribution in [0.4, 0.5) is 0 Å². The number of nitrogens with one attached hydrogen (secondary N) is 1. The molecule has 1 aromatic carbocycles. The van der Waals surface area contributed by atoms with Crippen LogP contribution in [0, 0.1) is 18.3 Å². The average molecular weight is 462 g/mol. The van der Waals surface area contributed by atoms with Gasteiger partial charge in [0.1, 0.15) is 17.4 Å². The van der Waals surface area contributed by atoms with Crippen molar-refractivity contribution in [2.75, 3.05) is 6.61 Å². The number of hydrogen-bond donors (Lipinski definition) is 1. The SMILES string of the molecule is Cc1ccc(OCCn2cccc2/C=C2/C(=N)N3N=C(C4CCCCC4)SC3=NC2=O)cc1. The van der Waals surface area contributed by atoms with E-state index in [0.29, 0.717) is 24.2 Å². The van der Waals surface area contributed by atoms with Gasteiger partial charge in [0.05, 0.1) is 12.1 Å². The van der Waals surface area contributed by atoms with Gasteiger partial charge in [0.25, 0.3) is 5.91 Å². The van der Waals surface area contributed by atoms with Crippen LogP contribution in [0.5, 0.6) is 5.75 Å². The van der Waals surface area contributed by atoms with Crippen LogP contribution in [0.1, 0.15) is 43.4 Å². The second-order valence-corrected chi connectivity index (χ2v) is 9.57. The van der Waals surface area contributed by atoms with Crippen molar-refractivity contribution in [2.45, 2.75) is 45.6 Å². The highest BCUT2D eigenvalue weighted by atomic mass is 32.2. The van der Waals surface area contributed by atoms with Gasteiger partial charge in [-0.3, -0.25) is 10.2 Å². The number of thioether (sulfide) groups is 1. The third kappa shape index (κ3) is 4.66. The van der Waals surface area contributed by atoms with Crippen LogP contribution in [-0.2, 0) is 11.3 Å². The highest BCUT2D eigenvalue weighted by molar-refractivity contribution is 8.27. The van der Waals surface area contributed by atoms with Crippen molar-refractivity contribution in [3.63, 3.8) is 0 Å². The summed E-state index contributed by atoms with van der Waals surface area (Å²) in [7, 11) is 0. The van der Waals surface area contributed by atoms with Crippen molar-refractivity contribution in [3.05, 3.63) is 59.4 Å². The van der Waals surface area contributed by atoms with Crippen molar-refractivity contribution in [2.24, 2.45) is 16.0 Å². The third-order valence-electron chi connectivity index (χ3n) is 6.20. The fourth-order valence-corrected chi connectivity index (χ4v) is 5.39. The maximum Gasteiger partial charge on any atom is 0.283 e. The molecule has 3 heterocycles. The molecule has 0 saturated heterocycles. The summed E-state index contributed by atoms with van der Waals surface area (Å²) in [6.45, 7) is 3.17. The molecule has 0 unspecified atom stereocenters. The molecule has 8 heteroatoms. The van der Waals surface area contributed by atoms with Crippen LogP contribution < -0.4 is 4.74 Å². The number of benzene rings is 1. The van der Waals surface area contributed by atoms with Crippen molar-refractivity contribution < 1.29 is 9.53 Å². The van der Waals surface area contributed by atoms with Crippen molar-refractivity contribution >= 4 is 39.8 Å². The highest BCUT2D eigenvalue weighted by Gasteiger charge is 2.38. The second kappa shape index (κ2) is 9.39. The molecule has 0 atom stereocenters. The summed E-state index contributed by atoms with van der Waals surface area (Å²) in [4.78, 5) is 17.0. The summed E-state index contributed by atoms with van der Waals surface area (Å²) in [5.41, 5.74) is 2.28. The number of carbonyl (C=O) groups excluding carboxylic acids is 1. The van der Waals surface area contributed by atoms with E-state index in [0.717, 1.165) is 29.3 Å². The predicted octanol–water partition coefficient (Wildman–Crippen LogP) is 5.07. The Morgan fingerprint density at radius 3 is 2.76 bits per heavy atom. The summed E-state index contributed by atoms with van der Waals surface area (Å²) in [6.07, 6.45) is 9.61. The topological polar surface area (TPSA) is 83.0 Å². The molecule has 2 aliphatic heterocycles. The Morgan fingerprint density at radius 2 is 1.97 bits per heavy atom. The van der Waals surface area contributed by atoms with E-state index < -0.39 is 0 Å². The quantitative estimate of drug-likeness (QED) is 0.609. The van der Waals surface area contributed by atoms with Crippen LogP contribution in [0.25, 0.3) is 6.08 Å². The molecule has 1 aliphatic carbocycles. The molecular weight excluding hydrogens is 434 g/mol. The smallest absolute Gasteiger partial charge is 0.283 e. The standard InChI is InChI=1S/C25H27N5O2S/c1-17-9-11-20(12-10-17)32-15-14-29-13-5-8-19(29)16-21-22(26)30-25(27-23(21)31)33-24(28-30)18-6-3-2-4-7-18/h5,8-13,16,18,26H,2-4,6-7,14-15H2,1H3/b21-16-,26-22?. The molecule has 33 heavy (non-hydrogen) atoms. The van der Waals surface area contributed by atoms with Gasteiger partial charge in [-0.1, -0.05) is 37.0 Å². The van der Waals surface area contributed by atoms with E-state index in [1.54, 1.807) is 6.08 Å². The summed E-state index contributed by atoms with van der Waals surface area (Å²) < 4.78 is 7.86. The number of aliphatic imine (C=N–C) groups is 1. The molecule has 5 rings (SSSR count). The molecule has 0 spiro atoms. The molecule has 0 radical (unpaired) electrons. The van der Waals surface area contributed by atoms with Gasteiger partial charge in [-0.05, 0) is 61.9 Å². The number of hydrogen-bond acceptors (Lipinski definition) is 5. The van der Waals surface area contributed by atoms with E-state index in [-0.39, 0.29) is 17.3 Å². The first-order valence-electron chi connectivity index (χ1n) is 11.4. The van der Waals surface area contributed by atoms with E-state index in [4.69, 9.17) is 10.1 Å². The van der Waals surface area contributed by atoms with E-state index in [1.807, 2.05) is 54.1 Å². The summed E-state index contributed by atoms with van der Waals surface area (Å²) in [6, 6.07) is 11.8. The van der Waals surface area contributed by atoms with Gasteiger partial charge in [-0.25, -0.2) is 0 Å². The number of aromatic nitrogens is 1. The summed E-state index contributed by atoms with van der Waals surface area (Å²) >= 11 is 1.45. The minimum Gasteiger partial charge on any atom is -0.492 e. The lowest BCUT2D eigenvalue weighted by Crippen LogP contribution is -2.35. The number of nitrogens with zero attached hydrogens (tertiary/aromatic N) is 4. The summed E-state index contributed by atoms with van der Waals surface area (Å²) in [5.74, 6) is 0.949. The number of fused-ring (bicyclic) bond motifs is 1. The van der Waals surface area contributed by atoms with Gasteiger partial charge in [-0.15, -0.1) is 0 Å². The molecule has 2 aromatic rings. The van der Waals surface area contributed by atoms with Crippen molar-refractivity contribution in [1.82, 2.24) is 9.58 Å². The lowest BCUT2D eigenvalue weighted by atomic mass is 9.90. The highest BCUT2D eigenvalue weighted by Crippen LogP contribution is 2.36. The molecule has 1 saturated carbocycles. The van der Waals surface area contributed by atoms with Crippen LogP contribution in [-0.4, -0.2) is 38.1 Å². The molecule has 3 aliphatic rings. The predicted molar refractivity (Wildman–Crippen MR) is 133 cm³/mol. The summed E-state index contributed by atoms with van der Waals surface area (Å²) in [5, 5.41) is 16.3. The Hall–Kier alpha value is -3.13. The third-order valence-corrected chi connectivity index (χ3v) is 7.27. The number of ether oxygens (including phenoxy) is 1. The number of amidine groups is 2. The zero-order valence-corrected chi connectivity index (χ0v) is 19.5. The Morgan fingerprint density at radius 1 is 1.18 bits per heavy atom. The first-order valence-corrected chi connectivity index (χ1v) is 12.2. The fourth-order valence-electron chi connectivity index (χ4n) is 4.33. The van der Waals surface area contributed by atoms with Gasteiger partial charge >= 0.3 is 0 Å². The van der Waals surface area contributed by atoms with E-state index in [1.165, 1.54) is 41.6 Å². The van der Waals surface area contributed by atoms with Crippen LogP contribution in [0.3, 0.4) is 0 Å². The lowest BCUT2D eigenvalue weighted by Gasteiger charge is -2.20. The maximum absolute atomic E-state index is 12.8. The number of amides is 1. The molecule has 1 fully saturated rings. The zero-order valence-electron chi connectivity index (χ0n) is 18.7. The number of aryl methyl sites for hydroxylation is 1. The Kier molecular flexibility index (Phi) is 6.17. The molecule has 170 valence electrons. The van der Waals surface area contributed by atoms with Crippen LogP contribution in [0.15, 0.2) is 58.3 Å². The van der Waals surface area contributed by atoms with E-state index in [9.17, 15) is 4.79 Å². The lowest BCUT2D eigenvalue weighted by molar-refractivity contribution is -0.114. The maximum atomic E-state index is 12.8. The normalized spacial score (nSPS) is 20.2. The molecule has 7 nitrogen and oxygen atoms in total. The Bertz CT molecular complexity index is 1160. The fraction of sp³-hybridized carbons (Fsp3) is 0.360. The van der Waals surface area contributed by atoms with Gasteiger partial charge < -0.3 is 9.30 Å². The van der Waals surface area contributed by atoms with Crippen molar-refractivity contribution in [1.29, 1.82) is 5.41 Å². The van der Waals surface area contributed by atoms with Gasteiger partial charge in [0.2, 0.25) is 5.17 Å². The monoisotopic (exact) mass is 461 g/mol. The second-order valence-electron chi connectivity index (χ2n) is 8.58. The number of hydrazone groups is 1. The van der Waals surface area contributed by atoms with E-state index in [2.05, 4.69) is 10.1 Å². The molecule has 1 aromatic heterocycles. The Labute approximate surface area is 197 Å².